The minimum Gasteiger partial charge on any atom is -0.871 e. The Morgan fingerprint density at radius 2 is 0.903 bits per heavy atom. The van der Waals surface area contributed by atoms with Crippen molar-refractivity contribution in [3.05, 3.63) is 121 Å². The number of rotatable bonds is 11. The molecule has 0 unspecified atom stereocenters. The molecule has 0 spiro atoms. The Labute approximate surface area is 497 Å². The number of azo groups is 3. The van der Waals surface area contributed by atoms with Gasteiger partial charge in [0.05, 0.1) is 38.2 Å². The summed E-state index contributed by atoms with van der Waals surface area (Å²) in [6.07, 6.45) is 0. The molecule has 72 heavy (non-hydrogen) atoms. The SMILES string of the molecule is Nc1ccc(N=Nc2cc3c([O-])c(N=Nc4ccc(-c5ccc(N=Nc6c(S(=O)(=O)O)cc7cc(S(=O)(=O)[O-])cc(N)c7c6[O-])cc5)cc4)c(S(=O)(=O)O)cc3cc2S(=O)(=O)[O-])c2ccccc12.[Na+].[Na+].[Na+].[Na+]. The molecule has 0 radical (unpaired) electrons. The number of benzene rings is 8. The Bertz CT molecular complexity index is 4030. The molecule has 0 aliphatic rings. The van der Waals surface area contributed by atoms with Crippen molar-refractivity contribution in [2.24, 2.45) is 30.7 Å². The average molecular weight is 1090 g/mol. The zero-order valence-electron chi connectivity index (χ0n) is 37.8. The van der Waals surface area contributed by atoms with E-state index < -0.39 is 94.3 Å². The molecule has 0 saturated heterocycles. The predicted molar refractivity (Wildman–Crippen MR) is 240 cm³/mol. The Balaban J connectivity index is 0.00000281. The van der Waals surface area contributed by atoms with Gasteiger partial charge >= 0.3 is 118 Å². The third-order valence-electron chi connectivity index (χ3n) is 10.2. The summed E-state index contributed by atoms with van der Waals surface area (Å²) < 4.78 is 141. The van der Waals surface area contributed by atoms with E-state index in [-0.39, 0.29) is 157 Å². The molecule has 8 rings (SSSR count). The van der Waals surface area contributed by atoms with E-state index in [1.54, 1.807) is 48.5 Å². The standard InChI is InChI=1S/C42H30N8O14S4.4Na/c43-31-13-14-33(29-4-2-1-3-28(29)31)47-48-34-20-30-23(16-35(34)66(56,57)58)17-36(67(59,60)61)39(41(30)51)49-45-25-9-5-21(6-10-25)22-7-11-26(12-8-22)46-50-40-37(68(62,63)64)18-24-15-27(65(53,54)55)19-32(44)38(24)42(40)52;;;;/h1-20,51-52H,43-44H2,(H,53,54,55)(H,56,57,58)(H,59,60,61)(H,62,63,64);;;;/q;4*+1/p-4. The summed E-state index contributed by atoms with van der Waals surface area (Å²) in [4.78, 5) is -3.85. The van der Waals surface area contributed by atoms with Crippen LogP contribution in [0.2, 0.25) is 0 Å². The van der Waals surface area contributed by atoms with Gasteiger partial charge < -0.3 is 30.8 Å². The second-order valence-corrected chi connectivity index (χ2v) is 20.0. The molecule has 0 aliphatic carbocycles. The van der Waals surface area contributed by atoms with Crippen molar-refractivity contribution in [3.63, 3.8) is 0 Å². The molecule has 0 aromatic heterocycles. The number of nitrogens with two attached hydrogens (primary N) is 2. The average Bonchev–Trinajstić information content (AvgIpc) is 3.27. The van der Waals surface area contributed by atoms with Gasteiger partial charge in [-0.2, -0.15) is 27.1 Å². The van der Waals surface area contributed by atoms with E-state index in [4.69, 9.17) is 11.5 Å². The number of anilines is 2. The van der Waals surface area contributed by atoms with Crippen molar-refractivity contribution in [3.8, 4) is 22.6 Å². The molecular formula is C42H26N8Na4O14S4. The van der Waals surface area contributed by atoms with Crippen LogP contribution < -0.4 is 140 Å². The number of fused-ring (bicyclic) bond motifs is 3. The van der Waals surface area contributed by atoms with E-state index in [9.17, 15) is 62.1 Å². The van der Waals surface area contributed by atoms with Crippen LogP contribution in [-0.4, -0.2) is 51.9 Å². The first kappa shape index (κ1) is 60.7. The van der Waals surface area contributed by atoms with Crippen molar-refractivity contribution in [1.82, 2.24) is 0 Å². The van der Waals surface area contributed by atoms with Gasteiger partial charge in [-0.3, -0.25) is 9.11 Å². The van der Waals surface area contributed by atoms with Gasteiger partial charge in [-0.25, -0.2) is 16.8 Å². The fourth-order valence-electron chi connectivity index (χ4n) is 6.99. The summed E-state index contributed by atoms with van der Waals surface area (Å²) in [7, 11) is -20.7. The molecule has 0 atom stereocenters. The third-order valence-corrected chi connectivity index (χ3v) is 13.6. The summed E-state index contributed by atoms with van der Waals surface area (Å²) in [5, 5.41) is 50.4. The fraction of sp³-hybridized carbons (Fsp3) is 0. The molecule has 30 heteroatoms. The quantitative estimate of drug-likeness (QED) is 0.0412. The van der Waals surface area contributed by atoms with Crippen LogP contribution in [0.4, 0.5) is 45.5 Å². The smallest absolute Gasteiger partial charge is 0.871 e. The van der Waals surface area contributed by atoms with E-state index in [0.29, 0.717) is 27.6 Å². The van der Waals surface area contributed by atoms with E-state index in [0.717, 1.165) is 36.4 Å². The molecule has 6 N–H and O–H groups in total. The van der Waals surface area contributed by atoms with Gasteiger partial charge in [-0.05, 0) is 105 Å². The molecular weight excluding hydrogens is 1060 g/mol. The first-order valence-corrected chi connectivity index (χ1v) is 24.6. The maximum Gasteiger partial charge on any atom is 1.00 e. The molecule has 0 fully saturated rings. The van der Waals surface area contributed by atoms with E-state index >= 15 is 0 Å². The number of nitrogen functional groups attached to an aromatic ring is 2. The Morgan fingerprint density at radius 1 is 0.431 bits per heavy atom. The molecule has 8 aromatic rings. The van der Waals surface area contributed by atoms with Gasteiger partial charge in [0.2, 0.25) is 0 Å². The largest absolute Gasteiger partial charge is 1.00 e. The second-order valence-electron chi connectivity index (χ2n) is 14.5. The van der Waals surface area contributed by atoms with Gasteiger partial charge in [0.25, 0.3) is 20.2 Å². The second kappa shape index (κ2) is 23.4. The Kier molecular flexibility index (Phi) is 19.7. The van der Waals surface area contributed by atoms with Crippen molar-refractivity contribution in [1.29, 1.82) is 0 Å². The van der Waals surface area contributed by atoms with Crippen LogP contribution in [0.25, 0.3) is 43.4 Å². The first-order valence-electron chi connectivity index (χ1n) is 18.9. The van der Waals surface area contributed by atoms with E-state index in [1.807, 2.05) is 0 Å². The maximum absolute atomic E-state index is 13.9. The summed E-state index contributed by atoms with van der Waals surface area (Å²) >= 11 is 0. The van der Waals surface area contributed by atoms with Gasteiger partial charge in [-0.15, -0.1) is 20.5 Å². The molecule has 0 amide bonds. The van der Waals surface area contributed by atoms with Crippen LogP contribution in [0.1, 0.15) is 0 Å². The molecule has 0 saturated carbocycles. The van der Waals surface area contributed by atoms with Crippen molar-refractivity contribution in [2.45, 2.75) is 19.6 Å². The van der Waals surface area contributed by atoms with Gasteiger partial charge in [0.1, 0.15) is 35.7 Å². The number of hydrogen-bond donors (Lipinski definition) is 4. The molecule has 8 aromatic carbocycles. The van der Waals surface area contributed by atoms with Crippen LogP contribution in [0.5, 0.6) is 11.5 Å². The number of hydrogen-bond acceptors (Lipinski definition) is 20. The molecule has 0 bridgehead atoms. The molecule has 0 aliphatic heterocycles. The van der Waals surface area contributed by atoms with Gasteiger partial charge in [0.15, 0.2) is 0 Å². The van der Waals surface area contributed by atoms with Crippen molar-refractivity contribution >= 4 is 118 Å². The predicted octanol–water partition coefficient (Wildman–Crippen LogP) is -4.31. The number of nitrogens with zero attached hydrogens (tertiary/aromatic N) is 6. The van der Waals surface area contributed by atoms with Crippen LogP contribution in [0, 0.1) is 0 Å². The zero-order valence-corrected chi connectivity index (χ0v) is 49.1. The molecule has 346 valence electrons. The first-order chi connectivity index (χ1) is 31.9. The Hall–Kier alpha value is -3.82. The monoisotopic (exact) mass is 1090 g/mol. The normalized spacial score (nSPS) is 12.2. The van der Waals surface area contributed by atoms with Crippen LogP contribution in [0.3, 0.4) is 0 Å². The van der Waals surface area contributed by atoms with E-state index in [2.05, 4.69) is 30.7 Å². The fourth-order valence-corrected chi connectivity index (χ4v) is 9.46. The summed E-state index contributed by atoms with van der Waals surface area (Å²) in [5.74, 6) is -2.26. The van der Waals surface area contributed by atoms with Crippen LogP contribution in [0.15, 0.2) is 172 Å². The van der Waals surface area contributed by atoms with E-state index in [1.165, 1.54) is 36.4 Å². The molecule has 0 heterocycles. The summed E-state index contributed by atoms with van der Waals surface area (Å²) in [6, 6.07) is 26.4. The minimum absolute atomic E-state index is 0. The van der Waals surface area contributed by atoms with Crippen molar-refractivity contribution in [2.75, 3.05) is 11.5 Å². The maximum atomic E-state index is 13.9. The topological polar surface area (TPSA) is 395 Å². The van der Waals surface area contributed by atoms with Gasteiger partial charge in [-0.1, -0.05) is 60.0 Å². The van der Waals surface area contributed by atoms with Crippen LogP contribution in [-0.2, 0) is 40.5 Å². The van der Waals surface area contributed by atoms with Crippen molar-refractivity contribution < 1.29 is 180 Å². The molecule has 22 nitrogen and oxygen atoms in total. The Morgan fingerprint density at radius 3 is 1.40 bits per heavy atom. The minimum atomic E-state index is -5.30. The summed E-state index contributed by atoms with van der Waals surface area (Å²) in [6.45, 7) is 0. The van der Waals surface area contributed by atoms with Gasteiger partial charge in [0, 0.05) is 22.1 Å². The summed E-state index contributed by atoms with van der Waals surface area (Å²) in [5.41, 5.74) is 11.1. The van der Waals surface area contributed by atoms with Crippen LogP contribution >= 0.6 is 0 Å². The zero-order chi connectivity index (χ0) is 49.1. The third kappa shape index (κ3) is 13.0.